The third kappa shape index (κ3) is 3.26. The van der Waals surface area contributed by atoms with Gasteiger partial charge in [0, 0.05) is 11.9 Å². The van der Waals surface area contributed by atoms with E-state index in [0.29, 0.717) is 21.7 Å². The third-order valence-electron chi connectivity index (χ3n) is 2.53. The highest BCUT2D eigenvalue weighted by molar-refractivity contribution is 7.98. The molecule has 0 saturated heterocycles. The van der Waals surface area contributed by atoms with E-state index in [2.05, 4.69) is 15.6 Å². The fraction of sp³-hybridized carbons (Fsp3) is 0.154. The molecule has 0 saturated carbocycles. The lowest BCUT2D eigenvalue weighted by Gasteiger charge is -2.13. The standard InChI is InChI=1S/C13H13Cl2N3S/c1-16-12-8(14)7-9(15)13(18-12)17-10-5-3-4-6-11(10)19-2/h3-7H,1-2H3,(H2,16,17,18). The summed E-state index contributed by atoms with van der Waals surface area (Å²) in [5.41, 5.74) is 0.966. The molecular formula is C13H13Cl2N3S. The summed E-state index contributed by atoms with van der Waals surface area (Å²) in [7, 11) is 1.77. The Hall–Kier alpha value is -1.10. The smallest absolute Gasteiger partial charge is 0.151 e. The van der Waals surface area contributed by atoms with Gasteiger partial charge in [-0.05, 0) is 24.5 Å². The average Bonchev–Trinajstić information content (AvgIpc) is 2.42. The fourth-order valence-corrected chi connectivity index (χ4v) is 2.66. The zero-order chi connectivity index (χ0) is 13.8. The average molecular weight is 314 g/mol. The van der Waals surface area contributed by atoms with E-state index in [0.717, 1.165) is 10.6 Å². The van der Waals surface area contributed by atoms with Crippen LogP contribution in [-0.4, -0.2) is 18.3 Å². The van der Waals surface area contributed by atoms with Crippen molar-refractivity contribution in [3.05, 3.63) is 40.4 Å². The number of halogens is 2. The maximum Gasteiger partial charge on any atom is 0.151 e. The van der Waals surface area contributed by atoms with Crippen LogP contribution in [0.4, 0.5) is 17.3 Å². The highest BCUT2D eigenvalue weighted by Gasteiger charge is 2.10. The van der Waals surface area contributed by atoms with Crippen LogP contribution in [0.1, 0.15) is 0 Å². The molecule has 19 heavy (non-hydrogen) atoms. The Labute approximate surface area is 126 Å². The van der Waals surface area contributed by atoms with Crippen molar-refractivity contribution in [1.82, 2.24) is 4.98 Å². The fourth-order valence-electron chi connectivity index (χ4n) is 1.61. The molecule has 0 aliphatic heterocycles. The van der Waals surface area contributed by atoms with Crippen LogP contribution < -0.4 is 10.6 Å². The van der Waals surface area contributed by atoms with Crippen molar-refractivity contribution in [2.45, 2.75) is 4.90 Å². The Bertz CT molecular complexity index is 590. The van der Waals surface area contributed by atoms with Gasteiger partial charge in [0.1, 0.15) is 5.82 Å². The number of aromatic nitrogens is 1. The van der Waals surface area contributed by atoms with Crippen molar-refractivity contribution in [2.75, 3.05) is 23.9 Å². The van der Waals surface area contributed by atoms with Gasteiger partial charge in [-0.25, -0.2) is 4.98 Å². The zero-order valence-electron chi connectivity index (χ0n) is 10.5. The number of nitrogens with zero attached hydrogens (tertiary/aromatic N) is 1. The van der Waals surface area contributed by atoms with Crippen LogP contribution in [0, 0.1) is 0 Å². The van der Waals surface area contributed by atoms with Crippen LogP contribution >= 0.6 is 35.0 Å². The predicted molar refractivity (Wildman–Crippen MR) is 85.3 cm³/mol. The number of thioether (sulfide) groups is 1. The number of nitrogens with one attached hydrogen (secondary N) is 2. The van der Waals surface area contributed by atoms with E-state index >= 15 is 0 Å². The van der Waals surface area contributed by atoms with Gasteiger partial charge in [-0.1, -0.05) is 35.3 Å². The van der Waals surface area contributed by atoms with Crippen molar-refractivity contribution in [2.24, 2.45) is 0 Å². The number of hydrogen-bond donors (Lipinski definition) is 2. The first kappa shape index (κ1) is 14.3. The summed E-state index contributed by atoms with van der Waals surface area (Å²) in [4.78, 5) is 5.49. The van der Waals surface area contributed by atoms with Crippen LogP contribution in [0.25, 0.3) is 0 Å². The molecule has 0 fully saturated rings. The quantitative estimate of drug-likeness (QED) is 0.787. The Morgan fingerprint density at radius 2 is 1.79 bits per heavy atom. The zero-order valence-corrected chi connectivity index (χ0v) is 12.8. The van der Waals surface area contributed by atoms with Gasteiger partial charge in [0.25, 0.3) is 0 Å². The molecule has 0 atom stereocenters. The summed E-state index contributed by atoms with van der Waals surface area (Å²) >= 11 is 13.8. The van der Waals surface area contributed by atoms with Gasteiger partial charge < -0.3 is 10.6 Å². The minimum Gasteiger partial charge on any atom is -0.372 e. The predicted octanol–water partition coefficient (Wildman–Crippen LogP) is 4.90. The van der Waals surface area contributed by atoms with Gasteiger partial charge in [-0.3, -0.25) is 0 Å². The summed E-state index contributed by atoms with van der Waals surface area (Å²) in [6, 6.07) is 9.65. The number of rotatable bonds is 4. The highest BCUT2D eigenvalue weighted by atomic mass is 35.5. The van der Waals surface area contributed by atoms with Crippen molar-refractivity contribution in [3.8, 4) is 0 Å². The maximum absolute atomic E-state index is 6.16. The summed E-state index contributed by atoms with van der Waals surface area (Å²) in [6.45, 7) is 0. The molecular weight excluding hydrogens is 301 g/mol. The monoisotopic (exact) mass is 313 g/mol. The number of benzene rings is 1. The van der Waals surface area contributed by atoms with Crippen LogP contribution in [0.2, 0.25) is 10.0 Å². The summed E-state index contributed by atoms with van der Waals surface area (Å²) < 4.78 is 0. The van der Waals surface area contributed by atoms with Crippen LogP contribution in [0.15, 0.2) is 35.2 Å². The lowest BCUT2D eigenvalue weighted by atomic mass is 10.3. The van der Waals surface area contributed by atoms with Gasteiger partial charge in [0.2, 0.25) is 0 Å². The Morgan fingerprint density at radius 3 is 2.47 bits per heavy atom. The molecule has 0 radical (unpaired) electrons. The van der Waals surface area contributed by atoms with Crippen molar-refractivity contribution in [3.63, 3.8) is 0 Å². The Morgan fingerprint density at radius 1 is 1.11 bits per heavy atom. The summed E-state index contributed by atoms with van der Waals surface area (Å²) in [5.74, 6) is 1.17. The molecule has 0 spiro atoms. The molecule has 0 unspecified atom stereocenters. The first-order valence-corrected chi connectivity index (χ1v) is 7.57. The molecule has 3 nitrogen and oxygen atoms in total. The summed E-state index contributed by atoms with van der Waals surface area (Å²) in [5, 5.41) is 7.14. The van der Waals surface area contributed by atoms with Gasteiger partial charge in [0.05, 0.1) is 15.7 Å². The Balaban J connectivity index is 2.38. The van der Waals surface area contributed by atoms with E-state index < -0.39 is 0 Å². The topological polar surface area (TPSA) is 37.0 Å². The van der Waals surface area contributed by atoms with Crippen LogP contribution in [0.3, 0.4) is 0 Å². The van der Waals surface area contributed by atoms with Gasteiger partial charge >= 0.3 is 0 Å². The third-order valence-corrected chi connectivity index (χ3v) is 3.90. The molecule has 1 aromatic heterocycles. The first-order chi connectivity index (χ1) is 9.15. The van der Waals surface area contributed by atoms with Gasteiger partial charge in [-0.15, -0.1) is 11.8 Å². The minimum absolute atomic E-state index is 0.486. The van der Waals surface area contributed by atoms with Crippen molar-refractivity contribution >= 4 is 52.3 Å². The van der Waals surface area contributed by atoms with Crippen molar-refractivity contribution < 1.29 is 0 Å². The lowest BCUT2D eigenvalue weighted by molar-refractivity contribution is 1.26. The van der Waals surface area contributed by atoms with Gasteiger partial charge in [-0.2, -0.15) is 0 Å². The second kappa shape index (κ2) is 6.37. The molecule has 0 aliphatic rings. The lowest BCUT2D eigenvalue weighted by Crippen LogP contribution is -2.00. The highest BCUT2D eigenvalue weighted by Crippen LogP contribution is 2.33. The second-order valence-corrected chi connectivity index (χ2v) is 5.39. The van der Waals surface area contributed by atoms with Crippen LogP contribution in [0.5, 0.6) is 0 Å². The molecule has 2 rings (SSSR count). The normalized spacial score (nSPS) is 10.3. The molecule has 2 aromatic rings. The van der Waals surface area contributed by atoms with E-state index in [9.17, 15) is 0 Å². The van der Waals surface area contributed by atoms with E-state index in [-0.39, 0.29) is 0 Å². The largest absolute Gasteiger partial charge is 0.372 e. The number of hydrogen-bond acceptors (Lipinski definition) is 4. The second-order valence-electron chi connectivity index (χ2n) is 3.72. The van der Waals surface area contributed by atoms with E-state index in [1.807, 2.05) is 30.5 Å². The van der Waals surface area contributed by atoms with E-state index in [1.165, 1.54) is 0 Å². The molecule has 0 amide bonds. The summed E-state index contributed by atoms with van der Waals surface area (Å²) in [6.07, 6.45) is 2.02. The number of pyridine rings is 1. The SMILES string of the molecule is CNc1nc(Nc2ccccc2SC)c(Cl)cc1Cl. The molecule has 100 valence electrons. The van der Waals surface area contributed by atoms with Gasteiger partial charge in [0.15, 0.2) is 5.82 Å². The van der Waals surface area contributed by atoms with Crippen molar-refractivity contribution in [1.29, 1.82) is 0 Å². The number of para-hydroxylation sites is 1. The maximum atomic E-state index is 6.16. The molecule has 6 heteroatoms. The molecule has 0 aliphatic carbocycles. The first-order valence-electron chi connectivity index (χ1n) is 5.59. The molecule has 1 heterocycles. The molecule has 1 aromatic carbocycles. The Kier molecular flexibility index (Phi) is 4.80. The number of anilines is 3. The minimum atomic E-state index is 0.486. The van der Waals surface area contributed by atoms with Crippen LogP contribution in [-0.2, 0) is 0 Å². The molecule has 2 N–H and O–H groups in total. The molecule has 0 bridgehead atoms. The van der Waals surface area contributed by atoms with E-state index in [4.69, 9.17) is 23.2 Å². The van der Waals surface area contributed by atoms with E-state index in [1.54, 1.807) is 24.9 Å².